The van der Waals surface area contributed by atoms with Gasteiger partial charge in [0.05, 0.1) is 13.2 Å². The smallest absolute Gasteiger partial charge is 0.258 e. The fraction of sp³-hybridized carbons (Fsp3) is 0.222. The number of benzene rings is 3. The van der Waals surface area contributed by atoms with E-state index in [0.717, 1.165) is 23.5 Å². The Bertz CT molecular complexity index is 1120. The molecular weight excluding hydrogens is 384 g/mol. The highest BCUT2D eigenvalue weighted by Gasteiger charge is 2.38. The SMILES string of the molecule is COc1ccc(C2Nc3ccc(C(=O)N(C)c4ccccc4)cc3C3C=CCC32)cc1. The summed E-state index contributed by atoms with van der Waals surface area (Å²) in [6.45, 7) is 0. The molecule has 5 rings (SSSR count). The van der Waals surface area contributed by atoms with Gasteiger partial charge in [-0.1, -0.05) is 42.5 Å². The lowest BCUT2D eigenvalue weighted by Gasteiger charge is -2.38. The quantitative estimate of drug-likeness (QED) is 0.553. The molecule has 0 aromatic heterocycles. The van der Waals surface area contributed by atoms with Gasteiger partial charge in [-0.05, 0) is 65.9 Å². The Morgan fingerprint density at radius 2 is 1.81 bits per heavy atom. The summed E-state index contributed by atoms with van der Waals surface area (Å²) in [5, 5.41) is 3.74. The molecule has 0 saturated carbocycles. The minimum absolute atomic E-state index is 0.00445. The first kappa shape index (κ1) is 19.4. The second-order valence-corrected chi connectivity index (χ2v) is 8.25. The Morgan fingerprint density at radius 3 is 2.55 bits per heavy atom. The van der Waals surface area contributed by atoms with Crippen LogP contribution in [0.5, 0.6) is 5.75 Å². The van der Waals surface area contributed by atoms with Gasteiger partial charge in [0.25, 0.3) is 5.91 Å². The third kappa shape index (κ3) is 3.48. The van der Waals surface area contributed by atoms with Crippen molar-refractivity contribution in [3.05, 3.63) is 102 Å². The third-order valence-electron chi connectivity index (χ3n) is 6.53. The molecular formula is C27H26N2O2. The third-order valence-corrected chi connectivity index (χ3v) is 6.53. The maximum Gasteiger partial charge on any atom is 0.258 e. The molecule has 0 fully saturated rings. The molecule has 0 bridgehead atoms. The zero-order valence-electron chi connectivity index (χ0n) is 17.8. The van der Waals surface area contributed by atoms with Crippen molar-refractivity contribution < 1.29 is 9.53 Å². The number of amides is 1. The van der Waals surface area contributed by atoms with Gasteiger partial charge in [-0.25, -0.2) is 0 Å². The van der Waals surface area contributed by atoms with Crippen LogP contribution in [0.25, 0.3) is 0 Å². The Labute approximate surface area is 183 Å². The standard InChI is InChI=1S/C27H26N2O2/c1-29(20-7-4-3-5-8-20)27(30)19-13-16-25-24(17-19)22-9-6-10-23(22)26(28-25)18-11-14-21(31-2)15-12-18/h3-9,11-17,22-23,26,28H,10H2,1-2H3. The fourth-order valence-corrected chi connectivity index (χ4v) is 4.83. The van der Waals surface area contributed by atoms with E-state index >= 15 is 0 Å². The van der Waals surface area contributed by atoms with E-state index in [1.165, 1.54) is 11.1 Å². The van der Waals surface area contributed by atoms with Crippen molar-refractivity contribution in [3.8, 4) is 5.75 Å². The van der Waals surface area contributed by atoms with Gasteiger partial charge in [0.1, 0.15) is 5.75 Å². The number of allylic oxidation sites excluding steroid dienone is 2. The summed E-state index contributed by atoms with van der Waals surface area (Å²) < 4.78 is 5.32. The van der Waals surface area contributed by atoms with E-state index in [9.17, 15) is 4.79 Å². The molecule has 1 heterocycles. The van der Waals surface area contributed by atoms with Gasteiger partial charge in [0, 0.05) is 29.9 Å². The number of nitrogens with zero attached hydrogens (tertiary/aromatic N) is 1. The van der Waals surface area contributed by atoms with Gasteiger partial charge in [-0.15, -0.1) is 0 Å². The van der Waals surface area contributed by atoms with E-state index in [1.807, 2.05) is 55.6 Å². The molecule has 2 aliphatic rings. The van der Waals surface area contributed by atoms with Gasteiger partial charge in [-0.3, -0.25) is 4.79 Å². The van der Waals surface area contributed by atoms with Crippen LogP contribution in [0.15, 0.2) is 84.9 Å². The summed E-state index contributed by atoms with van der Waals surface area (Å²) in [6, 6.07) is 24.4. The predicted octanol–water partition coefficient (Wildman–Crippen LogP) is 5.80. The van der Waals surface area contributed by atoms with E-state index in [-0.39, 0.29) is 11.9 Å². The fourth-order valence-electron chi connectivity index (χ4n) is 4.83. The minimum atomic E-state index is 0.00445. The summed E-state index contributed by atoms with van der Waals surface area (Å²) in [5.74, 6) is 1.60. The molecule has 1 aliphatic heterocycles. The number of hydrogen-bond acceptors (Lipinski definition) is 3. The van der Waals surface area contributed by atoms with Crippen molar-refractivity contribution in [2.75, 3.05) is 24.4 Å². The van der Waals surface area contributed by atoms with E-state index in [4.69, 9.17) is 4.74 Å². The number of fused-ring (bicyclic) bond motifs is 3. The molecule has 0 spiro atoms. The van der Waals surface area contributed by atoms with Crippen LogP contribution in [0.1, 0.15) is 39.9 Å². The zero-order valence-corrected chi connectivity index (χ0v) is 17.8. The predicted molar refractivity (Wildman–Crippen MR) is 125 cm³/mol. The Hall–Kier alpha value is -3.53. The molecule has 0 saturated heterocycles. The van der Waals surface area contributed by atoms with Crippen LogP contribution in [0.4, 0.5) is 11.4 Å². The van der Waals surface area contributed by atoms with E-state index in [0.29, 0.717) is 17.4 Å². The number of para-hydroxylation sites is 1. The van der Waals surface area contributed by atoms with Crippen molar-refractivity contribution in [1.29, 1.82) is 0 Å². The molecule has 4 nitrogen and oxygen atoms in total. The normalized spacial score (nSPS) is 21.0. The second kappa shape index (κ2) is 7.95. The van der Waals surface area contributed by atoms with Gasteiger partial charge in [0.2, 0.25) is 0 Å². The van der Waals surface area contributed by atoms with Crippen LogP contribution in [0.3, 0.4) is 0 Å². The summed E-state index contributed by atoms with van der Waals surface area (Å²) in [4.78, 5) is 14.9. The summed E-state index contributed by atoms with van der Waals surface area (Å²) in [6.07, 6.45) is 5.60. The molecule has 3 unspecified atom stereocenters. The lowest BCUT2D eigenvalue weighted by molar-refractivity contribution is 0.0993. The highest BCUT2D eigenvalue weighted by molar-refractivity contribution is 6.06. The molecule has 3 atom stereocenters. The summed E-state index contributed by atoms with van der Waals surface area (Å²) >= 11 is 0. The van der Waals surface area contributed by atoms with Crippen molar-refractivity contribution in [3.63, 3.8) is 0 Å². The first-order valence-electron chi connectivity index (χ1n) is 10.7. The molecule has 156 valence electrons. The first-order valence-corrected chi connectivity index (χ1v) is 10.7. The topological polar surface area (TPSA) is 41.6 Å². The molecule has 3 aromatic rings. The Kier molecular flexibility index (Phi) is 4.99. The first-order chi connectivity index (χ1) is 15.2. The van der Waals surface area contributed by atoms with Crippen molar-refractivity contribution in [2.45, 2.75) is 18.4 Å². The zero-order chi connectivity index (χ0) is 21.4. The van der Waals surface area contributed by atoms with Gasteiger partial charge < -0.3 is 15.0 Å². The average molecular weight is 411 g/mol. The lowest BCUT2D eigenvalue weighted by Crippen LogP contribution is -2.30. The van der Waals surface area contributed by atoms with Gasteiger partial charge in [-0.2, -0.15) is 0 Å². The van der Waals surface area contributed by atoms with Gasteiger partial charge in [0.15, 0.2) is 0 Å². The molecule has 31 heavy (non-hydrogen) atoms. The monoisotopic (exact) mass is 410 g/mol. The maximum absolute atomic E-state index is 13.1. The number of rotatable bonds is 4. The molecule has 0 radical (unpaired) electrons. The summed E-state index contributed by atoms with van der Waals surface area (Å²) in [5.41, 5.74) is 5.17. The number of carbonyl (C=O) groups is 1. The Morgan fingerprint density at radius 1 is 1.03 bits per heavy atom. The number of carbonyl (C=O) groups excluding carboxylic acids is 1. The number of anilines is 2. The lowest BCUT2D eigenvalue weighted by atomic mass is 9.76. The van der Waals surface area contributed by atoms with Crippen molar-refractivity contribution in [1.82, 2.24) is 0 Å². The molecule has 1 aliphatic carbocycles. The van der Waals surface area contributed by atoms with Crippen LogP contribution < -0.4 is 15.0 Å². The number of ether oxygens (including phenoxy) is 1. The second-order valence-electron chi connectivity index (χ2n) is 8.25. The van der Waals surface area contributed by atoms with Crippen LogP contribution in [-0.4, -0.2) is 20.1 Å². The molecule has 1 amide bonds. The number of hydrogen-bond donors (Lipinski definition) is 1. The van der Waals surface area contributed by atoms with Crippen molar-refractivity contribution in [2.24, 2.45) is 5.92 Å². The van der Waals surface area contributed by atoms with E-state index < -0.39 is 0 Å². The number of methoxy groups -OCH3 is 1. The van der Waals surface area contributed by atoms with Crippen molar-refractivity contribution >= 4 is 17.3 Å². The largest absolute Gasteiger partial charge is 0.497 e. The van der Waals surface area contributed by atoms with Crippen LogP contribution in [0.2, 0.25) is 0 Å². The van der Waals surface area contributed by atoms with Crippen LogP contribution >= 0.6 is 0 Å². The minimum Gasteiger partial charge on any atom is -0.497 e. The highest BCUT2D eigenvalue weighted by Crippen LogP contribution is 2.50. The number of nitrogens with one attached hydrogen (secondary N) is 1. The summed E-state index contributed by atoms with van der Waals surface area (Å²) in [7, 11) is 3.52. The highest BCUT2D eigenvalue weighted by atomic mass is 16.5. The molecule has 1 N–H and O–H groups in total. The Balaban J connectivity index is 1.46. The molecule has 4 heteroatoms. The van der Waals surface area contributed by atoms with E-state index in [2.05, 4.69) is 41.7 Å². The van der Waals surface area contributed by atoms with Crippen LogP contribution in [-0.2, 0) is 0 Å². The van der Waals surface area contributed by atoms with Gasteiger partial charge >= 0.3 is 0 Å². The van der Waals surface area contributed by atoms with E-state index in [1.54, 1.807) is 12.0 Å². The average Bonchev–Trinajstić information content (AvgIpc) is 3.33. The van der Waals surface area contributed by atoms with Crippen LogP contribution in [0, 0.1) is 5.92 Å². The maximum atomic E-state index is 13.1. The molecule has 3 aromatic carbocycles.